The highest BCUT2D eigenvalue weighted by atomic mass is 35.5. The van der Waals surface area contributed by atoms with Gasteiger partial charge in [0, 0.05) is 17.2 Å². The number of hydrogen-bond acceptors (Lipinski definition) is 4. The van der Waals surface area contributed by atoms with Crippen LogP contribution in [-0.2, 0) is 17.0 Å². The van der Waals surface area contributed by atoms with Crippen molar-refractivity contribution in [2.24, 2.45) is 0 Å². The molecule has 0 bridgehead atoms. The van der Waals surface area contributed by atoms with Gasteiger partial charge in [0.05, 0.1) is 16.8 Å². The summed E-state index contributed by atoms with van der Waals surface area (Å²) in [5.41, 5.74) is 2.68. The molecule has 9 heteroatoms. The van der Waals surface area contributed by atoms with E-state index in [4.69, 9.17) is 23.2 Å². The number of thioether (sulfide) groups is 1. The van der Waals surface area contributed by atoms with Crippen LogP contribution in [0.25, 0.3) is 5.69 Å². The number of benzene rings is 3. The van der Waals surface area contributed by atoms with Gasteiger partial charge in [-0.15, -0.1) is 10.2 Å². The highest BCUT2D eigenvalue weighted by molar-refractivity contribution is 7.98. The Balaban J connectivity index is 1.66. The number of nitrogens with zero attached hydrogens (tertiary/aromatic N) is 3. The van der Waals surface area contributed by atoms with Crippen LogP contribution >= 0.6 is 35.0 Å². The standard InChI is InChI=1S/C31H33Cl2FN4OS/c1-2-3-4-5-9-12-29(39)35-27(19-22-10-7-6-8-11-22)30-36-37-31(40-21-23-13-16-25(34)17-14-23)38(30)28-18-15-24(32)20-26(28)33/h6-8,10-11,13-18,20,27H,2-5,9,12,19,21H2,1H3,(H,35,39). The van der Waals surface area contributed by atoms with Gasteiger partial charge in [0.1, 0.15) is 5.82 Å². The van der Waals surface area contributed by atoms with Gasteiger partial charge in [0.25, 0.3) is 0 Å². The van der Waals surface area contributed by atoms with Gasteiger partial charge in [-0.3, -0.25) is 9.36 Å². The maximum atomic E-state index is 13.4. The van der Waals surface area contributed by atoms with E-state index in [1.54, 1.807) is 24.3 Å². The van der Waals surface area contributed by atoms with Gasteiger partial charge in [-0.2, -0.15) is 0 Å². The molecule has 3 aromatic carbocycles. The van der Waals surface area contributed by atoms with E-state index in [1.165, 1.54) is 30.3 Å². The molecule has 0 fully saturated rings. The Kier molecular flexibility index (Phi) is 11.5. The average molecular weight is 600 g/mol. The average Bonchev–Trinajstić information content (AvgIpc) is 3.36. The maximum absolute atomic E-state index is 13.4. The van der Waals surface area contributed by atoms with Crippen molar-refractivity contribution in [2.45, 2.75) is 68.8 Å². The number of carbonyl (C=O) groups is 1. The number of hydrogen-bond donors (Lipinski definition) is 1. The fourth-order valence-electron chi connectivity index (χ4n) is 4.43. The van der Waals surface area contributed by atoms with Gasteiger partial charge < -0.3 is 5.32 Å². The first-order valence-electron chi connectivity index (χ1n) is 13.6. The Morgan fingerprint density at radius 1 is 0.950 bits per heavy atom. The Morgan fingerprint density at radius 2 is 1.70 bits per heavy atom. The van der Waals surface area contributed by atoms with Crippen molar-refractivity contribution in [3.8, 4) is 5.69 Å². The predicted octanol–water partition coefficient (Wildman–Crippen LogP) is 8.77. The first kappa shape index (κ1) is 30.1. The van der Waals surface area contributed by atoms with E-state index in [0.717, 1.165) is 36.8 Å². The van der Waals surface area contributed by atoms with Gasteiger partial charge in [0.15, 0.2) is 11.0 Å². The van der Waals surface area contributed by atoms with Crippen LogP contribution in [-0.4, -0.2) is 20.7 Å². The van der Waals surface area contributed by atoms with E-state index in [1.807, 2.05) is 41.0 Å². The molecule has 1 N–H and O–H groups in total. The summed E-state index contributed by atoms with van der Waals surface area (Å²) in [7, 11) is 0. The number of unbranched alkanes of at least 4 members (excludes halogenated alkanes) is 4. The molecule has 1 aromatic heterocycles. The fraction of sp³-hybridized carbons (Fsp3) is 0.323. The summed E-state index contributed by atoms with van der Waals surface area (Å²) in [6, 6.07) is 21.2. The normalized spacial score (nSPS) is 11.9. The molecule has 1 atom stereocenters. The van der Waals surface area contributed by atoms with Crippen LogP contribution in [0.2, 0.25) is 10.0 Å². The van der Waals surface area contributed by atoms with Gasteiger partial charge in [0.2, 0.25) is 5.91 Å². The lowest BCUT2D eigenvalue weighted by Gasteiger charge is -2.21. The molecule has 4 rings (SSSR count). The minimum atomic E-state index is -0.440. The summed E-state index contributed by atoms with van der Waals surface area (Å²) < 4.78 is 15.3. The fourth-order valence-corrected chi connectivity index (χ4v) is 5.83. The van der Waals surface area contributed by atoms with Crippen molar-refractivity contribution in [1.82, 2.24) is 20.1 Å². The SMILES string of the molecule is CCCCCCCC(=O)NC(Cc1ccccc1)c1nnc(SCc2ccc(F)cc2)n1-c1ccc(Cl)cc1Cl. The molecule has 0 radical (unpaired) electrons. The molecular weight excluding hydrogens is 566 g/mol. The number of carbonyl (C=O) groups excluding carboxylic acids is 1. The zero-order valence-corrected chi connectivity index (χ0v) is 24.8. The van der Waals surface area contributed by atoms with E-state index in [-0.39, 0.29) is 11.7 Å². The molecular formula is C31H33Cl2FN4OS. The second kappa shape index (κ2) is 15.2. The smallest absolute Gasteiger partial charge is 0.220 e. The third kappa shape index (κ3) is 8.56. The predicted molar refractivity (Wildman–Crippen MR) is 162 cm³/mol. The molecule has 0 aliphatic rings. The van der Waals surface area contributed by atoms with Crippen molar-refractivity contribution in [3.63, 3.8) is 0 Å². The van der Waals surface area contributed by atoms with E-state index in [2.05, 4.69) is 22.4 Å². The van der Waals surface area contributed by atoms with Crippen LogP contribution in [0.4, 0.5) is 4.39 Å². The molecule has 1 amide bonds. The second-order valence-corrected chi connectivity index (χ2v) is 11.4. The number of aromatic nitrogens is 3. The number of amides is 1. The Hall–Kier alpha value is -2.87. The molecule has 1 heterocycles. The minimum absolute atomic E-state index is 0.0188. The van der Waals surface area contributed by atoms with Crippen LogP contribution in [0.15, 0.2) is 78.0 Å². The van der Waals surface area contributed by atoms with Crippen LogP contribution in [0, 0.1) is 5.82 Å². The lowest BCUT2D eigenvalue weighted by molar-refractivity contribution is -0.122. The summed E-state index contributed by atoms with van der Waals surface area (Å²) in [6.45, 7) is 2.18. The summed E-state index contributed by atoms with van der Waals surface area (Å²) in [5.74, 6) is 0.831. The highest BCUT2D eigenvalue weighted by Crippen LogP contribution is 2.33. The van der Waals surface area contributed by atoms with Crippen LogP contribution in [0.3, 0.4) is 0 Å². The zero-order valence-electron chi connectivity index (χ0n) is 22.5. The third-order valence-corrected chi connectivity index (χ3v) is 8.07. The molecule has 0 saturated carbocycles. The van der Waals surface area contributed by atoms with Crippen LogP contribution in [0.1, 0.15) is 68.4 Å². The van der Waals surface area contributed by atoms with Crippen molar-refractivity contribution in [1.29, 1.82) is 0 Å². The Labute approximate surface area is 249 Å². The van der Waals surface area contributed by atoms with E-state index < -0.39 is 6.04 Å². The Morgan fingerprint density at radius 3 is 2.42 bits per heavy atom. The third-order valence-electron chi connectivity index (χ3n) is 6.53. The first-order chi connectivity index (χ1) is 19.4. The van der Waals surface area contributed by atoms with Gasteiger partial charge >= 0.3 is 0 Å². The lowest BCUT2D eigenvalue weighted by atomic mass is 10.0. The van der Waals surface area contributed by atoms with E-state index >= 15 is 0 Å². The summed E-state index contributed by atoms with van der Waals surface area (Å²) in [5, 5.41) is 13.9. The van der Waals surface area contributed by atoms with Gasteiger partial charge in [-0.25, -0.2) is 4.39 Å². The molecule has 4 aromatic rings. The van der Waals surface area contributed by atoms with Crippen molar-refractivity contribution in [3.05, 3.63) is 106 Å². The largest absolute Gasteiger partial charge is 0.346 e. The summed E-state index contributed by atoms with van der Waals surface area (Å²) in [6.07, 6.45) is 6.35. The first-order valence-corrected chi connectivity index (χ1v) is 15.3. The molecule has 0 aliphatic carbocycles. The van der Waals surface area contributed by atoms with Gasteiger partial charge in [-0.05, 0) is 54.3 Å². The number of rotatable bonds is 14. The minimum Gasteiger partial charge on any atom is -0.346 e. The zero-order chi connectivity index (χ0) is 28.3. The summed E-state index contributed by atoms with van der Waals surface area (Å²) in [4.78, 5) is 13.1. The highest BCUT2D eigenvalue weighted by Gasteiger charge is 2.26. The molecule has 0 saturated heterocycles. The number of halogens is 3. The molecule has 210 valence electrons. The number of nitrogens with one attached hydrogen (secondary N) is 1. The van der Waals surface area contributed by atoms with E-state index in [9.17, 15) is 9.18 Å². The summed E-state index contributed by atoms with van der Waals surface area (Å²) >= 11 is 14.4. The van der Waals surface area contributed by atoms with Crippen molar-refractivity contribution in [2.75, 3.05) is 0 Å². The monoisotopic (exact) mass is 598 g/mol. The molecule has 0 spiro atoms. The molecule has 40 heavy (non-hydrogen) atoms. The van der Waals surface area contributed by atoms with E-state index in [0.29, 0.717) is 45.3 Å². The second-order valence-electron chi connectivity index (χ2n) is 9.66. The molecule has 5 nitrogen and oxygen atoms in total. The molecule has 0 aliphatic heterocycles. The van der Waals surface area contributed by atoms with Crippen molar-refractivity contribution >= 4 is 40.9 Å². The quantitative estimate of drug-likeness (QED) is 0.116. The Bertz CT molecular complexity index is 1380. The topological polar surface area (TPSA) is 59.8 Å². The molecule has 1 unspecified atom stereocenters. The van der Waals surface area contributed by atoms with Crippen LogP contribution < -0.4 is 5.32 Å². The van der Waals surface area contributed by atoms with Crippen LogP contribution in [0.5, 0.6) is 0 Å². The maximum Gasteiger partial charge on any atom is 0.220 e. The van der Waals surface area contributed by atoms with Gasteiger partial charge in [-0.1, -0.05) is 110 Å². The van der Waals surface area contributed by atoms with Crippen molar-refractivity contribution < 1.29 is 9.18 Å². The lowest BCUT2D eigenvalue weighted by Crippen LogP contribution is -2.32.